The lowest BCUT2D eigenvalue weighted by molar-refractivity contribution is -0.143. The van der Waals surface area contributed by atoms with Crippen molar-refractivity contribution in [2.75, 3.05) is 26.7 Å². The van der Waals surface area contributed by atoms with Gasteiger partial charge < -0.3 is 30.2 Å². The van der Waals surface area contributed by atoms with Crippen LogP contribution in [0.3, 0.4) is 0 Å². The number of nitrogens with one attached hydrogen (secondary N) is 3. The molecular formula is C22H34ClN3O6. The number of amides is 2. The van der Waals surface area contributed by atoms with E-state index < -0.39 is 23.8 Å². The number of carbonyl (C=O) groups excluding carboxylic acids is 3. The summed E-state index contributed by atoms with van der Waals surface area (Å²) in [5, 5.41) is 8.90. The molecule has 1 atom stereocenters. The summed E-state index contributed by atoms with van der Waals surface area (Å²) in [4.78, 5) is 35.4. The second-order valence-corrected chi connectivity index (χ2v) is 8.46. The van der Waals surface area contributed by atoms with Gasteiger partial charge in [-0.2, -0.15) is 0 Å². The van der Waals surface area contributed by atoms with E-state index in [0.717, 1.165) is 5.56 Å². The average Bonchev–Trinajstić information content (AvgIpc) is 2.72. The van der Waals surface area contributed by atoms with E-state index in [1.54, 1.807) is 39.0 Å². The molecule has 10 heteroatoms. The van der Waals surface area contributed by atoms with E-state index in [1.807, 2.05) is 6.07 Å². The van der Waals surface area contributed by atoms with Crippen molar-refractivity contribution in [3.05, 3.63) is 34.9 Å². The number of ether oxygens (including phenoxy) is 3. The molecule has 0 saturated heterocycles. The Balaban J connectivity index is 2.22. The maximum Gasteiger partial charge on any atom is 0.407 e. The van der Waals surface area contributed by atoms with Crippen LogP contribution in [0.2, 0.25) is 5.02 Å². The molecule has 3 N–H and O–H groups in total. The molecule has 2 amide bonds. The minimum atomic E-state index is -0.568. The fraction of sp³-hybridized carbons (Fsp3) is 0.591. The van der Waals surface area contributed by atoms with Crippen LogP contribution in [0.5, 0.6) is 0 Å². The summed E-state index contributed by atoms with van der Waals surface area (Å²) in [6.07, 6.45) is 0.821. The molecule has 0 fully saturated rings. The van der Waals surface area contributed by atoms with Gasteiger partial charge in [-0.25, -0.2) is 9.59 Å². The molecule has 0 aliphatic rings. The van der Waals surface area contributed by atoms with Crippen molar-refractivity contribution in [3.63, 3.8) is 0 Å². The molecule has 0 saturated carbocycles. The zero-order chi connectivity index (χ0) is 24.0. The lowest BCUT2D eigenvalue weighted by atomic mass is 10.1. The summed E-state index contributed by atoms with van der Waals surface area (Å²) in [5.41, 5.74) is 0.165. The molecule has 1 aromatic rings. The predicted molar refractivity (Wildman–Crippen MR) is 122 cm³/mol. The normalized spacial score (nSPS) is 11.9. The van der Waals surface area contributed by atoms with E-state index >= 15 is 0 Å². The summed E-state index contributed by atoms with van der Waals surface area (Å²) < 4.78 is 15.1. The zero-order valence-corrected chi connectivity index (χ0v) is 19.9. The lowest BCUT2D eigenvalue weighted by Gasteiger charge is -2.20. The molecule has 32 heavy (non-hydrogen) atoms. The van der Waals surface area contributed by atoms with Crippen LogP contribution in [0.15, 0.2) is 24.3 Å². The van der Waals surface area contributed by atoms with Crippen molar-refractivity contribution >= 4 is 29.8 Å². The topological polar surface area (TPSA) is 115 Å². The Morgan fingerprint density at radius 2 is 1.69 bits per heavy atom. The van der Waals surface area contributed by atoms with Gasteiger partial charge >= 0.3 is 18.2 Å². The summed E-state index contributed by atoms with van der Waals surface area (Å²) >= 11 is 6.02. The van der Waals surface area contributed by atoms with Crippen LogP contribution >= 0.6 is 11.6 Å². The third-order valence-corrected chi connectivity index (χ3v) is 4.54. The lowest BCUT2D eigenvalue weighted by Crippen LogP contribution is -2.43. The fourth-order valence-electron chi connectivity index (χ4n) is 2.64. The Morgan fingerprint density at radius 3 is 2.34 bits per heavy atom. The third-order valence-electron chi connectivity index (χ3n) is 4.18. The van der Waals surface area contributed by atoms with E-state index in [1.165, 1.54) is 7.11 Å². The van der Waals surface area contributed by atoms with Gasteiger partial charge in [0.2, 0.25) is 0 Å². The van der Waals surface area contributed by atoms with Gasteiger partial charge in [-0.3, -0.25) is 4.79 Å². The molecule has 0 unspecified atom stereocenters. The standard InChI is InChI=1S/C22H34ClN3O6/c1-22(2,3)32-21(29)26-14-13-24-18(19(27)30-4)11-7-8-12-25-20(28)31-15-16-9-5-6-10-17(16)23/h5-6,9-10,18,24H,7-8,11-15H2,1-4H3,(H,25,28)(H,26,29)/t18-/m1/s1. The van der Waals surface area contributed by atoms with Crippen molar-refractivity contribution in [1.29, 1.82) is 0 Å². The molecule has 0 aliphatic heterocycles. The Morgan fingerprint density at radius 1 is 1.00 bits per heavy atom. The van der Waals surface area contributed by atoms with Crippen LogP contribution < -0.4 is 16.0 Å². The molecule has 0 aliphatic carbocycles. The van der Waals surface area contributed by atoms with Gasteiger partial charge in [0.25, 0.3) is 0 Å². The van der Waals surface area contributed by atoms with Gasteiger partial charge in [0, 0.05) is 30.2 Å². The van der Waals surface area contributed by atoms with Gasteiger partial charge in [-0.05, 0) is 46.1 Å². The molecule has 0 bridgehead atoms. The highest BCUT2D eigenvalue weighted by atomic mass is 35.5. The summed E-state index contributed by atoms with van der Waals surface area (Å²) in [6.45, 7) is 6.54. The number of halogens is 1. The first-order valence-electron chi connectivity index (χ1n) is 10.5. The predicted octanol–water partition coefficient (Wildman–Crippen LogP) is 3.39. The quantitative estimate of drug-likeness (QED) is 0.243. The molecule has 9 nitrogen and oxygen atoms in total. The number of rotatable bonds is 12. The smallest absolute Gasteiger partial charge is 0.407 e. The largest absolute Gasteiger partial charge is 0.468 e. The van der Waals surface area contributed by atoms with Gasteiger partial charge in [0.05, 0.1) is 7.11 Å². The van der Waals surface area contributed by atoms with Crippen LogP contribution in [0, 0.1) is 0 Å². The van der Waals surface area contributed by atoms with Crippen LogP contribution in [-0.2, 0) is 25.6 Å². The molecule has 0 aromatic heterocycles. The molecule has 0 heterocycles. The summed E-state index contributed by atoms with van der Waals surface area (Å²) in [6, 6.07) is 6.64. The number of carbonyl (C=O) groups is 3. The second kappa shape index (κ2) is 14.5. The first-order valence-corrected chi connectivity index (χ1v) is 10.9. The van der Waals surface area contributed by atoms with Gasteiger partial charge in [0.15, 0.2) is 0 Å². The Labute approximate surface area is 194 Å². The van der Waals surface area contributed by atoms with E-state index in [9.17, 15) is 14.4 Å². The summed E-state index contributed by atoms with van der Waals surface area (Å²) in [5.74, 6) is -0.380. The number of hydrogen-bond acceptors (Lipinski definition) is 7. The molecule has 1 rings (SSSR count). The second-order valence-electron chi connectivity index (χ2n) is 8.05. The van der Waals surface area contributed by atoms with Crippen molar-refractivity contribution in [3.8, 4) is 0 Å². The number of esters is 1. The Bertz CT molecular complexity index is 739. The monoisotopic (exact) mass is 471 g/mol. The van der Waals surface area contributed by atoms with Crippen molar-refractivity contribution < 1.29 is 28.6 Å². The Hall–Kier alpha value is -2.52. The van der Waals surface area contributed by atoms with Crippen molar-refractivity contribution in [1.82, 2.24) is 16.0 Å². The molecule has 0 spiro atoms. The van der Waals surface area contributed by atoms with E-state index in [0.29, 0.717) is 43.9 Å². The van der Waals surface area contributed by atoms with Gasteiger partial charge in [0.1, 0.15) is 18.2 Å². The van der Waals surface area contributed by atoms with Crippen molar-refractivity contribution in [2.24, 2.45) is 0 Å². The highest BCUT2D eigenvalue weighted by molar-refractivity contribution is 6.31. The number of methoxy groups -OCH3 is 1. The minimum Gasteiger partial charge on any atom is -0.468 e. The molecule has 1 aromatic carbocycles. The van der Waals surface area contributed by atoms with Crippen molar-refractivity contribution in [2.45, 2.75) is 58.3 Å². The number of hydrogen-bond donors (Lipinski definition) is 3. The Kier molecular flexibility index (Phi) is 12.5. The number of alkyl carbamates (subject to hydrolysis) is 2. The highest BCUT2D eigenvalue weighted by Crippen LogP contribution is 2.15. The fourth-order valence-corrected chi connectivity index (χ4v) is 2.83. The number of benzene rings is 1. The van der Waals surface area contributed by atoms with Crippen LogP contribution in [0.4, 0.5) is 9.59 Å². The van der Waals surface area contributed by atoms with Crippen LogP contribution in [0.1, 0.15) is 45.6 Å². The molecular weight excluding hydrogens is 438 g/mol. The minimum absolute atomic E-state index is 0.0944. The van der Waals surface area contributed by atoms with E-state index in [2.05, 4.69) is 16.0 Å². The zero-order valence-electron chi connectivity index (χ0n) is 19.2. The van der Waals surface area contributed by atoms with Gasteiger partial charge in [-0.15, -0.1) is 0 Å². The first kappa shape index (κ1) is 27.5. The molecule has 0 radical (unpaired) electrons. The summed E-state index contributed by atoms with van der Waals surface area (Å²) in [7, 11) is 1.33. The highest BCUT2D eigenvalue weighted by Gasteiger charge is 2.19. The first-order chi connectivity index (χ1) is 15.1. The van der Waals surface area contributed by atoms with Crippen LogP contribution in [-0.4, -0.2) is 56.5 Å². The maximum atomic E-state index is 11.9. The third kappa shape index (κ3) is 12.4. The maximum absolute atomic E-state index is 11.9. The molecule has 180 valence electrons. The van der Waals surface area contributed by atoms with Gasteiger partial charge in [-0.1, -0.05) is 29.8 Å². The van der Waals surface area contributed by atoms with E-state index in [4.69, 9.17) is 25.8 Å². The van der Waals surface area contributed by atoms with E-state index in [-0.39, 0.29) is 12.6 Å². The van der Waals surface area contributed by atoms with Crippen LogP contribution in [0.25, 0.3) is 0 Å². The SMILES string of the molecule is COC(=O)[C@@H](CCCCNC(=O)OCc1ccccc1Cl)NCCNC(=O)OC(C)(C)C. The average molecular weight is 472 g/mol. The number of unbranched alkanes of at least 4 members (excludes halogenated alkanes) is 1.